The van der Waals surface area contributed by atoms with Gasteiger partial charge in [-0.15, -0.1) is 0 Å². The Morgan fingerprint density at radius 1 is 1.39 bits per heavy atom. The van der Waals surface area contributed by atoms with Crippen LogP contribution in [0, 0.1) is 17.0 Å². The normalized spacial score (nSPS) is 10.1. The third-order valence-corrected chi connectivity index (χ3v) is 2.41. The molecule has 0 aliphatic heterocycles. The molecule has 0 radical (unpaired) electrons. The van der Waals surface area contributed by atoms with Crippen LogP contribution in [0.25, 0.3) is 0 Å². The molecule has 0 saturated carbocycles. The lowest BCUT2D eigenvalue weighted by Crippen LogP contribution is -1.97. The second kappa shape index (κ2) is 4.97. The maximum Gasteiger partial charge on any atom is 0.311 e. The number of nitro groups is 1. The molecule has 1 aromatic heterocycles. The topological polar surface area (TPSA) is 78.2 Å². The average Bonchev–Trinajstić information content (AvgIpc) is 2.31. The van der Waals surface area contributed by atoms with Crippen molar-refractivity contribution in [1.82, 2.24) is 9.97 Å². The molecule has 0 aliphatic rings. The van der Waals surface area contributed by atoms with Crippen LogP contribution in [0.3, 0.4) is 0 Å². The van der Waals surface area contributed by atoms with Gasteiger partial charge in [0.05, 0.1) is 4.92 Å². The van der Waals surface area contributed by atoms with Gasteiger partial charge in [-0.05, 0) is 12.5 Å². The van der Waals surface area contributed by atoms with Crippen LogP contribution < -0.4 is 4.74 Å². The fraction of sp³-hybridized carbons (Fsp3) is 0.0909. The lowest BCUT2D eigenvalue weighted by Gasteiger charge is -2.07. The third-order valence-electron chi connectivity index (χ3n) is 2.20. The fourth-order valence-corrected chi connectivity index (χ4v) is 1.53. The second-order valence-electron chi connectivity index (χ2n) is 3.46. The van der Waals surface area contributed by atoms with Crippen molar-refractivity contribution < 1.29 is 9.66 Å². The summed E-state index contributed by atoms with van der Waals surface area (Å²) in [6.07, 6.45) is 1.22. The lowest BCUT2D eigenvalue weighted by atomic mass is 10.2. The summed E-state index contributed by atoms with van der Waals surface area (Å²) >= 11 is 5.69. The van der Waals surface area contributed by atoms with E-state index in [0.29, 0.717) is 5.56 Å². The molecule has 0 spiro atoms. The minimum atomic E-state index is -0.509. The van der Waals surface area contributed by atoms with E-state index in [2.05, 4.69) is 9.97 Å². The molecule has 0 fully saturated rings. The van der Waals surface area contributed by atoms with Gasteiger partial charge in [-0.1, -0.05) is 23.7 Å². The monoisotopic (exact) mass is 265 g/mol. The van der Waals surface area contributed by atoms with Gasteiger partial charge in [-0.2, -0.15) is 0 Å². The van der Waals surface area contributed by atoms with Crippen molar-refractivity contribution in [2.24, 2.45) is 0 Å². The largest absolute Gasteiger partial charge is 0.431 e. The lowest BCUT2D eigenvalue weighted by molar-refractivity contribution is -0.385. The smallest absolute Gasteiger partial charge is 0.311 e. The molecule has 0 N–H and O–H groups in total. The molecular formula is C11H8ClN3O3. The van der Waals surface area contributed by atoms with Gasteiger partial charge in [0.2, 0.25) is 11.6 Å². The quantitative estimate of drug-likeness (QED) is 0.484. The number of aryl methyl sites for hydroxylation is 1. The summed E-state index contributed by atoms with van der Waals surface area (Å²) in [6.45, 7) is 1.71. The van der Waals surface area contributed by atoms with E-state index in [0.717, 1.165) is 0 Å². The van der Waals surface area contributed by atoms with E-state index in [9.17, 15) is 10.1 Å². The molecule has 92 valence electrons. The van der Waals surface area contributed by atoms with Crippen molar-refractivity contribution in [3.05, 3.63) is 51.4 Å². The Balaban J connectivity index is 2.42. The first-order chi connectivity index (χ1) is 8.58. The van der Waals surface area contributed by atoms with Gasteiger partial charge in [0.15, 0.2) is 0 Å². The van der Waals surface area contributed by atoms with Gasteiger partial charge >= 0.3 is 5.69 Å². The molecule has 1 heterocycles. The van der Waals surface area contributed by atoms with Crippen LogP contribution >= 0.6 is 11.6 Å². The Kier molecular flexibility index (Phi) is 3.38. The number of aromatic nitrogens is 2. The van der Waals surface area contributed by atoms with Crippen LogP contribution in [0.2, 0.25) is 5.15 Å². The summed E-state index contributed by atoms with van der Waals surface area (Å²) in [5, 5.41) is 11.1. The molecular weight excluding hydrogens is 258 g/mol. The molecule has 2 rings (SSSR count). The highest BCUT2D eigenvalue weighted by Gasteiger charge is 2.18. The highest BCUT2D eigenvalue weighted by atomic mass is 35.5. The fourth-order valence-electron chi connectivity index (χ4n) is 1.39. The number of para-hydroxylation sites is 1. The van der Waals surface area contributed by atoms with Crippen LogP contribution in [0.1, 0.15) is 5.56 Å². The van der Waals surface area contributed by atoms with E-state index in [1.54, 1.807) is 19.1 Å². The maximum absolute atomic E-state index is 10.9. The van der Waals surface area contributed by atoms with Gasteiger partial charge < -0.3 is 4.74 Å². The van der Waals surface area contributed by atoms with Gasteiger partial charge in [-0.25, -0.2) is 9.97 Å². The summed E-state index contributed by atoms with van der Waals surface area (Å²) in [6, 6.07) is 6.06. The Morgan fingerprint density at radius 2 is 2.17 bits per heavy atom. The number of hydrogen-bond donors (Lipinski definition) is 0. The van der Waals surface area contributed by atoms with E-state index in [1.807, 2.05) is 0 Å². The molecule has 6 nitrogen and oxygen atoms in total. The van der Waals surface area contributed by atoms with Gasteiger partial charge in [0, 0.05) is 12.1 Å². The number of nitro benzene ring substituents is 1. The van der Waals surface area contributed by atoms with Crippen molar-refractivity contribution in [1.29, 1.82) is 0 Å². The van der Waals surface area contributed by atoms with Gasteiger partial charge in [-0.3, -0.25) is 10.1 Å². The zero-order valence-corrected chi connectivity index (χ0v) is 10.1. The number of nitrogens with zero attached hydrogens (tertiary/aromatic N) is 3. The van der Waals surface area contributed by atoms with Crippen LogP contribution in [0.15, 0.2) is 30.6 Å². The van der Waals surface area contributed by atoms with Crippen molar-refractivity contribution >= 4 is 17.3 Å². The Morgan fingerprint density at radius 3 is 2.83 bits per heavy atom. The number of hydrogen-bond acceptors (Lipinski definition) is 5. The molecule has 0 amide bonds. The summed E-state index contributed by atoms with van der Waals surface area (Å²) in [5.41, 5.74) is 0.517. The molecule has 0 unspecified atom stereocenters. The third kappa shape index (κ3) is 2.54. The summed E-state index contributed by atoms with van der Waals surface area (Å²) in [7, 11) is 0. The van der Waals surface area contributed by atoms with E-state index >= 15 is 0 Å². The second-order valence-corrected chi connectivity index (χ2v) is 3.85. The predicted octanol–water partition coefficient (Wildman–Crippen LogP) is 3.14. The average molecular weight is 266 g/mol. The zero-order valence-electron chi connectivity index (χ0n) is 9.33. The van der Waals surface area contributed by atoms with E-state index in [1.165, 1.54) is 18.5 Å². The summed E-state index contributed by atoms with van der Waals surface area (Å²) < 4.78 is 5.41. The van der Waals surface area contributed by atoms with Crippen LogP contribution in [-0.4, -0.2) is 14.9 Å². The van der Waals surface area contributed by atoms with Gasteiger partial charge in [0.25, 0.3) is 0 Å². The Hall–Kier alpha value is -2.21. The van der Waals surface area contributed by atoms with Crippen molar-refractivity contribution in [3.63, 3.8) is 0 Å². The summed E-state index contributed by atoms with van der Waals surface area (Å²) in [5.74, 6) is 0.310. The van der Waals surface area contributed by atoms with Crippen LogP contribution in [0.5, 0.6) is 11.6 Å². The molecule has 18 heavy (non-hydrogen) atoms. The van der Waals surface area contributed by atoms with Crippen LogP contribution in [-0.2, 0) is 0 Å². The highest BCUT2D eigenvalue weighted by molar-refractivity contribution is 6.29. The predicted molar refractivity (Wildman–Crippen MR) is 64.9 cm³/mol. The van der Waals surface area contributed by atoms with Crippen molar-refractivity contribution in [3.8, 4) is 11.6 Å². The SMILES string of the molecule is Cc1cccc([N+](=O)[O-])c1Oc1cc(Cl)ncn1. The highest BCUT2D eigenvalue weighted by Crippen LogP contribution is 2.33. The first kappa shape index (κ1) is 12.3. The van der Waals surface area contributed by atoms with E-state index in [-0.39, 0.29) is 22.5 Å². The molecule has 0 saturated heterocycles. The number of rotatable bonds is 3. The number of halogens is 1. The Labute approximate surface area is 107 Å². The van der Waals surface area contributed by atoms with E-state index in [4.69, 9.17) is 16.3 Å². The Bertz CT molecular complexity index is 604. The molecule has 1 aromatic carbocycles. The maximum atomic E-state index is 10.9. The molecule has 0 bridgehead atoms. The minimum Gasteiger partial charge on any atom is -0.431 e. The molecule has 0 aliphatic carbocycles. The number of benzene rings is 1. The standard InChI is InChI=1S/C11H8ClN3O3/c1-7-3-2-4-8(15(16)17)11(7)18-10-5-9(12)13-6-14-10/h2-6H,1H3. The molecule has 7 heteroatoms. The number of ether oxygens (including phenoxy) is 1. The van der Waals surface area contributed by atoms with Crippen molar-refractivity contribution in [2.45, 2.75) is 6.92 Å². The van der Waals surface area contributed by atoms with Crippen molar-refractivity contribution in [2.75, 3.05) is 0 Å². The minimum absolute atomic E-state index is 0.121. The van der Waals surface area contributed by atoms with Gasteiger partial charge in [0.1, 0.15) is 11.5 Å². The molecule has 0 atom stereocenters. The van der Waals surface area contributed by atoms with Crippen LogP contribution in [0.4, 0.5) is 5.69 Å². The molecule has 2 aromatic rings. The van der Waals surface area contributed by atoms with E-state index < -0.39 is 4.92 Å². The first-order valence-corrected chi connectivity index (χ1v) is 5.35. The summed E-state index contributed by atoms with van der Waals surface area (Å²) in [4.78, 5) is 17.9. The zero-order chi connectivity index (χ0) is 13.1. The first-order valence-electron chi connectivity index (χ1n) is 4.97.